The van der Waals surface area contributed by atoms with Crippen molar-refractivity contribution in [3.63, 3.8) is 0 Å². The normalized spacial score (nSPS) is 25.6. The Morgan fingerprint density at radius 3 is 2.88 bits per heavy atom. The van der Waals surface area contributed by atoms with Crippen molar-refractivity contribution < 1.29 is 0 Å². The van der Waals surface area contributed by atoms with Crippen LogP contribution in [0.25, 0.3) is 0 Å². The van der Waals surface area contributed by atoms with Gasteiger partial charge in [0.05, 0.1) is 4.34 Å². The second kappa shape index (κ2) is 6.19. The topological polar surface area (TPSA) is 15.3 Å². The van der Waals surface area contributed by atoms with Crippen LogP contribution in [-0.4, -0.2) is 30.6 Å². The first-order valence-corrected chi connectivity index (χ1v) is 7.53. The minimum Gasteiger partial charge on any atom is -0.311 e. The van der Waals surface area contributed by atoms with Gasteiger partial charge in [0.2, 0.25) is 0 Å². The van der Waals surface area contributed by atoms with Gasteiger partial charge >= 0.3 is 0 Å². The summed E-state index contributed by atoms with van der Waals surface area (Å²) in [7, 11) is 0. The molecule has 1 N–H and O–H groups in total. The van der Waals surface area contributed by atoms with Crippen LogP contribution in [0, 0.1) is 5.92 Å². The lowest BCUT2D eigenvalue weighted by molar-refractivity contribution is 0.264. The molecule has 2 atom stereocenters. The second-order valence-corrected chi connectivity index (χ2v) is 6.87. The predicted octanol–water partition coefficient (Wildman–Crippen LogP) is 3.22. The number of thiophene rings is 1. The van der Waals surface area contributed by atoms with E-state index in [1.165, 1.54) is 17.8 Å². The van der Waals surface area contributed by atoms with Gasteiger partial charge in [0, 0.05) is 37.1 Å². The summed E-state index contributed by atoms with van der Waals surface area (Å²) >= 11 is 7.56. The summed E-state index contributed by atoms with van der Waals surface area (Å²) in [6.07, 6.45) is 1.35. The summed E-state index contributed by atoms with van der Waals surface area (Å²) in [6, 6.07) is 4.82. The van der Waals surface area contributed by atoms with E-state index in [9.17, 15) is 0 Å². The third kappa shape index (κ3) is 3.95. The molecule has 2 unspecified atom stereocenters. The van der Waals surface area contributed by atoms with Crippen LogP contribution in [0.5, 0.6) is 0 Å². The molecule has 1 aliphatic rings. The van der Waals surface area contributed by atoms with Crippen LogP contribution < -0.4 is 5.32 Å². The molecule has 1 saturated heterocycles. The van der Waals surface area contributed by atoms with Crippen LogP contribution in [0.15, 0.2) is 12.1 Å². The van der Waals surface area contributed by atoms with Gasteiger partial charge in [0.15, 0.2) is 0 Å². The summed E-state index contributed by atoms with van der Waals surface area (Å²) in [6.45, 7) is 9.10. The van der Waals surface area contributed by atoms with Gasteiger partial charge in [0.25, 0.3) is 0 Å². The lowest BCUT2D eigenvalue weighted by Gasteiger charge is -2.20. The van der Waals surface area contributed by atoms with Crippen molar-refractivity contribution in [1.29, 1.82) is 0 Å². The molecule has 0 bridgehead atoms. The third-order valence-corrected chi connectivity index (χ3v) is 4.65. The highest BCUT2D eigenvalue weighted by atomic mass is 35.5. The third-order valence-electron chi connectivity index (χ3n) is 3.42. The number of hydrogen-bond donors (Lipinski definition) is 1. The van der Waals surface area contributed by atoms with Crippen LogP contribution in [-0.2, 0) is 6.54 Å². The average molecular weight is 273 g/mol. The second-order valence-electron chi connectivity index (χ2n) is 5.07. The summed E-state index contributed by atoms with van der Waals surface area (Å²) in [4.78, 5) is 3.90. The van der Waals surface area contributed by atoms with Gasteiger partial charge in [-0.1, -0.05) is 18.5 Å². The maximum atomic E-state index is 5.89. The van der Waals surface area contributed by atoms with Crippen molar-refractivity contribution in [1.82, 2.24) is 10.2 Å². The molecule has 2 heterocycles. The van der Waals surface area contributed by atoms with Crippen molar-refractivity contribution >= 4 is 22.9 Å². The zero-order valence-electron chi connectivity index (χ0n) is 10.6. The Balaban J connectivity index is 1.63. The Morgan fingerprint density at radius 1 is 1.47 bits per heavy atom. The maximum Gasteiger partial charge on any atom is 0.0931 e. The summed E-state index contributed by atoms with van der Waals surface area (Å²) < 4.78 is 0.879. The first kappa shape index (κ1) is 13.3. The molecule has 0 radical (unpaired) electrons. The van der Waals surface area contributed by atoms with Crippen molar-refractivity contribution in [3.8, 4) is 0 Å². The van der Waals surface area contributed by atoms with Gasteiger partial charge in [-0.05, 0) is 31.4 Å². The van der Waals surface area contributed by atoms with Crippen molar-refractivity contribution in [3.05, 3.63) is 21.3 Å². The van der Waals surface area contributed by atoms with Gasteiger partial charge in [-0.2, -0.15) is 0 Å². The molecule has 2 nitrogen and oxygen atoms in total. The molecule has 1 aliphatic heterocycles. The van der Waals surface area contributed by atoms with E-state index < -0.39 is 0 Å². The van der Waals surface area contributed by atoms with Gasteiger partial charge in [-0.15, -0.1) is 11.3 Å². The molecule has 1 aromatic rings. The Hall–Kier alpha value is -0.0900. The lowest BCUT2D eigenvalue weighted by Crippen LogP contribution is -2.34. The number of nitrogens with zero attached hydrogens (tertiary/aromatic N) is 1. The summed E-state index contributed by atoms with van der Waals surface area (Å²) in [5.74, 6) is 0.862. The highest BCUT2D eigenvalue weighted by Crippen LogP contribution is 2.22. The zero-order chi connectivity index (χ0) is 12.3. The highest BCUT2D eigenvalue weighted by Gasteiger charge is 2.24. The van der Waals surface area contributed by atoms with E-state index >= 15 is 0 Å². The molecule has 4 heteroatoms. The van der Waals surface area contributed by atoms with Gasteiger partial charge in [0.1, 0.15) is 0 Å². The smallest absolute Gasteiger partial charge is 0.0931 e. The number of rotatable bonds is 5. The highest BCUT2D eigenvalue weighted by molar-refractivity contribution is 7.16. The van der Waals surface area contributed by atoms with Crippen molar-refractivity contribution in [2.24, 2.45) is 5.92 Å². The first-order valence-electron chi connectivity index (χ1n) is 6.34. The largest absolute Gasteiger partial charge is 0.311 e. The molecule has 0 aromatic carbocycles. The minimum atomic E-state index is 0.753. The number of nitrogens with one attached hydrogen (secondary N) is 1. The molecule has 17 heavy (non-hydrogen) atoms. The fourth-order valence-electron chi connectivity index (χ4n) is 2.58. The Morgan fingerprint density at radius 2 is 2.29 bits per heavy atom. The standard InChI is InChI=1S/C13H21ClN2S/c1-10-7-11(2)16(9-10)6-5-15-8-12-3-4-13(14)17-12/h3-4,10-11,15H,5-9H2,1-2H3. The Labute approximate surface area is 113 Å². The van der Waals surface area contributed by atoms with Gasteiger partial charge in [-0.3, -0.25) is 4.90 Å². The number of hydrogen-bond acceptors (Lipinski definition) is 3. The van der Waals surface area contributed by atoms with Crippen molar-refractivity contribution in [2.75, 3.05) is 19.6 Å². The van der Waals surface area contributed by atoms with Crippen LogP contribution in [0.4, 0.5) is 0 Å². The molecule has 0 spiro atoms. The lowest BCUT2D eigenvalue weighted by atomic mass is 10.1. The monoisotopic (exact) mass is 272 g/mol. The van der Waals surface area contributed by atoms with Gasteiger partial charge in [-0.25, -0.2) is 0 Å². The Kier molecular flexibility index (Phi) is 4.86. The van der Waals surface area contributed by atoms with Gasteiger partial charge < -0.3 is 5.32 Å². The van der Waals surface area contributed by atoms with Crippen LogP contribution >= 0.6 is 22.9 Å². The molecular weight excluding hydrogens is 252 g/mol. The molecule has 0 saturated carbocycles. The van der Waals surface area contributed by atoms with E-state index in [2.05, 4.69) is 30.1 Å². The predicted molar refractivity (Wildman–Crippen MR) is 75.9 cm³/mol. The number of likely N-dealkylation sites (tertiary alicyclic amines) is 1. The average Bonchev–Trinajstić information content (AvgIpc) is 2.81. The van der Waals surface area contributed by atoms with Crippen molar-refractivity contribution in [2.45, 2.75) is 32.9 Å². The number of halogens is 1. The summed E-state index contributed by atoms with van der Waals surface area (Å²) in [5.41, 5.74) is 0. The Bertz CT molecular complexity index is 353. The van der Waals surface area contributed by atoms with Crippen LogP contribution in [0.3, 0.4) is 0 Å². The van der Waals surface area contributed by atoms with Crippen LogP contribution in [0.2, 0.25) is 4.34 Å². The quantitative estimate of drug-likeness (QED) is 0.828. The fourth-order valence-corrected chi connectivity index (χ4v) is 3.64. The maximum absolute atomic E-state index is 5.89. The summed E-state index contributed by atoms with van der Waals surface area (Å²) in [5, 5.41) is 3.49. The molecule has 0 amide bonds. The minimum absolute atomic E-state index is 0.753. The SMILES string of the molecule is CC1CC(C)N(CCNCc2ccc(Cl)s2)C1. The zero-order valence-corrected chi connectivity index (χ0v) is 12.2. The first-order chi connectivity index (χ1) is 8.15. The van der Waals surface area contributed by atoms with E-state index in [-0.39, 0.29) is 0 Å². The van der Waals surface area contributed by atoms with E-state index in [1.54, 1.807) is 11.3 Å². The molecule has 1 fully saturated rings. The van der Waals surface area contributed by atoms with E-state index in [0.29, 0.717) is 0 Å². The van der Waals surface area contributed by atoms with E-state index in [4.69, 9.17) is 11.6 Å². The molecule has 1 aromatic heterocycles. The van der Waals surface area contributed by atoms with E-state index in [1.807, 2.05) is 6.07 Å². The molecule has 2 rings (SSSR count). The molecular formula is C13H21ClN2S. The molecule has 96 valence electrons. The van der Waals surface area contributed by atoms with Crippen LogP contribution in [0.1, 0.15) is 25.1 Å². The fraction of sp³-hybridized carbons (Fsp3) is 0.692. The molecule has 0 aliphatic carbocycles. The van der Waals surface area contributed by atoms with E-state index in [0.717, 1.165) is 35.9 Å².